The van der Waals surface area contributed by atoms with E-state index in [9.17, 15) is 9.18 Å². The van der Waals surface area contributed by atoms with Crippen molar-refractivity contribution < 1.29 is 9.13 Å². The quantitative estimate of drug-likeness (QED) is 0.475. The van der Waals surface area contributed by atoms with E-state index in [0.29, 0.717) is 28.3 Å². The Kier molecular flexibility index (Phi) is 5.22. The van der Waals surface area contributed by atoms with E-state index in [1.165, 1.54) is 12.3 Å². The standard InChI is InChI=1S/C23H24FN5O2/c1-14(15-10-11-19(18(24)12-15)31-16-8-6-5-7-9-16)26-22-27-20-17(21(30)28-22)13-25-29(20)23(2,3)4/h5-14H,1-4H3,(H2,26,27,28,30). The summed E-state index contributed by atoms with van der Waals surface area (Å²) in [5.74, 6) is 0.522. The average molecular weight is 421 g/mol. The molecule has 0 aliphatic carbocycles. The van der Waals surface area contributed by atoms with Gasteiger partial charge in [-0.3, -0.25) is 9.78 Å². The van der Waals surface area contributed by atoms with Crippen molar-refractivity contribution >= 4 is 17.0 Å². The first kappa shape index (κ1) is 20.6. The van der Waals surface area contributed by atoms with Gasteiger partial charge in [-0.25, -0.2) is 9.07 Å². The lowest BCUT2D eigenvalue weighted by Crippen LogP contribution is -2.24. The second kappa shape index (κ2) is 7.86. The summed E-state index contributed by atoms with van der Waals surface area (Å²) in [5, 5.41) is 7.86. The Morgan fingerprint density at radius 2 is 1.90 bits per heavy atom. The van der Waals surface area contributed by atoms with Gasteiger partial charge in [-0.05, 0) is 57.5 Å². The highest BCUT2D eigenvalue weighted by Crippen LogP contribution is 2.28. The molecular weight excluding hydrogens is 397 g/mol. The first-order valence-electron chi connectivity index (χ1n) is 10.00. The topological polar surface area (TPSA) is 84.8 Å². The van der Waals surface area contributed by atoms with Gasteiger partial charge in [-0.15, -0.1) is 0 Å². The maximum Gasteiger partial charge on any atom is 0.263 e. The summed E-state index contributed by atoms with van der Waals surface area (Å²) < 4.78 is 21.9. The summed E-state index contributed by atoms with van der Waals surface area (Å²) in [6, 6.07) is 13.5. The average Bonchev–Trinajstić information content (AvgIpc) is 3.15. The summed E-state index contributed by atoms with van der Waals surface area (Å²) in [4.78, 5) is 19.7. The Bertz CT molecular complexity index is 1270. The first-order valence-corrected chi connectivity index (χ1v) is 10.00. The van der Waals surface area contributed by atoms with E-state index in [-0.39, 0.29) is 22.9 Å². The van der Waals surface area contributed by atoms with Crippen molar-refractivity contribution in [2.24, 2.45) is 0 Å². The number of hydrogen-bond acceptors (Lipinski definition) is 5. The number of rotatable bonds is 5. The fourth-order valence-electron chi connectivity index (χ4n) is 3.25. The monoisotopic (exact) mass is 421 g/mol. The summed E-state index contributed by atoms with van der Waals surface area (Å²) >= 11 is 0. The molecule has 2 aromatic heterocycles. The van der Waals surface area contributed by atoms with Crippen molar-refractivity contribution in [1.82, 2.24) is 19.7 Å². The molecule has 2 heterocycles. The maximum absolute atomic E-state index is 14.6. The summed E-state index contributed by atoms with van der Waals surface area (Å²) in [5.41, 5.74) is 0.560. The third-order valence-electron chi connectivity index (χ3n) is 4.85. The van der Waals surface area contributed by atoms with Crippen LogP contribution in [0.5, 0.6) is 11.5 Å². The van der Waals surface area contributed by atoms with Gasteiger partial charge in [0, 0.05) is 0 Å². The molecule has 8 heteroatoms. The Morgan fingerprint density at radius 1 is 1.16 bits per heavy atom. The van der Waals surface area contributed by atoms with Crippen molar-refractivity contribution in [1.29, 1.82) is 0 Å². The van der Waals surface area contributed by atoms with Crippen LogP contribution in [0.3, 0.4) is 0 Å². The normalized spacial score (nSPS) is 12.7. The van der Waals surface area contributed by atoms with Crippen LogP contribution in [0.1, 0.15) is 39.3 Å². The number of fused-ring (bicyclic) bond motifs is 1. The van der Waals surface area contributed by atoms with Crippen LogP contribution in [-0.4, -0.2) is 19.7 Å². The van der Waals surface area contributed by atoms with E-state index in [1.807, 2.05) is 45.9 Å². The zero-order valence-corrected chi connectivity index (χ0v) is 17.8. The molecule has 0 radical (unpaired) electrons. The van der Waals surface area contributed by atoms with E-state index in [1.54, 1.807) is 28.9 Å². The minimum Gasteiger partial charge on any atom is -0.454 e. The molecule has 0 spiro atoms. The number of anilines is 1. The van der Waals surface area contributed by atoms with Gasteiger partial charge in [0.1, 0.15) is 11.1 Å². The summed E-state index contributed by atoms with van der Waals surface area (Å²) in [6.45, 7) is 7.82. The summed E-state index contributed by atoms with van der Waals surface area (Å²) in [6.07, 6.45) is 1.51. The van der Waals surface area contributed by atoms with Crippen molar-refractivity contribution in [3.8, 4) is 11.5 Å². The zero-order valence-electron chi connectivity index (χ0n) is 17.8. The molecule has 2 N–H and O–H groups in total. The van der Waals surface area contributed by atoms with Gasteiger partial charge in [0.2, 0.25) is 5.95 Å². The number of aromatic nitrogens is 4. The maximum atomic E-state index is 14.6. The molecule has 0 fully saturated rings. The fraction of sp³-hybridized carbons (Fsp3) is 0.261. The Labute approximate surface area is 178 Å². The molecule has 1 atom stereocenters. The molecule has 0 saturated carbocycles. The lowest BCUT2D eigenvalue weighted by Gasteiger charge is -2.20. The van der Waals surface area contributed by atoms with E-state index in [0.717, 1.165) is 0 Å². The van der Waals surface area contributed by atoms with Gasteiger partial charge >= 0.3 is 0 Å². The smallest absolute Gasteiger partial charge is 0.263 e. The fourth-order valence-corrected chi connectivity index (χ4v) is 3.25. The number of hydrogen-bond donors (Lipinski definition) is 2. The van der Waals surface area contributed by atoms with Gasteiger partial charge in [0.25, 0.3) is 5.56 Å². The number of aromatic amines is 1. The number of halogens is 1. The predicted molar refractivity (Wildman–Crippen MR) is 118 cm³/mol. The molecule has 0 amide bonds. The number of H-pyrrole nitrogens is 1. The molecule has 0 saturated heterocycles. The van der Waals surface area contributed by atoms with Gasteiger partial charge in [0.05, 0.1) is 17.8 Å². The van der Waals surface area contributed by atoms with Gasteiger partial charge < -0.3 is 10.1 Å². The molecule has 7 nitrogen and oxygen atoms in total. The van der Waals surface area contributed by atoms with Crippen molar-refractivity contribution in [3.05, 3.63) is 76.5 Å². The molecule has 0 aliphatic heterocycles. The van der Waals surface area contributed by atoms with Crippen LogP contribution in [0.2, 0.25) is 0 Å². The van der Waals surface area contributed by atoms with Crippen molar-refractivity contribution in [3.63, 3.8) is 0 Å². The third-order valence-corrected chi connectivity index (χ3v) is 4.85. The SMILES string of the molecule is CC(Nc1nc2c(cnn2C(C)(C)C)c(=O)[nH]1)c1ccc(Oc2ccccc2)c(F)c1. The second-order valence-corrected chi connectivity index (χ2v) is 8.35. The highest BCUT2D eigenvalue weighted by atomic mass is 19.1. The van der Waals surface area contributed by atoms with Crippen LogP contribution in [0.4, 0.5) is 10.3 Å². The number of nitrogens with zero attached hydrogens (tertiary/aromatic N) is 3. The summed E-state index contributed by atoms with van der Waals surface area (Å²) in [7, 11) is 0. The minimum atomic E-state index is -0.474. The molecular formula is C23H24FN5O2. The van der Waals surface area contributed by atoms with E-state index >= 15 is 0 Å². The Morgan fingerprint density at radius 3 is 2.58 bits per heavy atom. The van der Waals surface area contributed by atoms with E-state index in [4.69, 9.17) is 4.74 Å². The van der Waals surface area contributed by atoms with Gasteiger partial charge in [0.15, 0.2) is 17.2 Å². The Hall–Kier alpha value is -3.68. The van der Waals surface area contributed by atoms with Crippen LogP contribution in [-0.2, 0) is 5.54 Å². The number of benzene rings is 2. The Balaban J connectivity index is 1.58. The molecule has 4 rings (SSSR count). The van der Waals surface area contributed by atoms with E-state index < -0.39 is 5.82 Å². The lowest BCUT2D eigenvalue weighted by molar-refractivity contribution is 0.366. The van der Waals surface area contributed by atoms with E-state index in [2.05, 4.69) is 20.4 Å². The largest absolute Gasteiger partial charge is 0.454 e. The first-order chi connectivity index (χ1) is 14.7. The van der Waals surface area contributed by atoms with Crippen LogP contribution in [0.15, 0.2) is 59.5 Å². The number of ether oxygens (including phenoxy) is 1. The molecule has 160 valence electrons. The third kappa shape index (κ3) is 4.28. The van der Waals surface area contributed by atoms with Crippen molar-refractivity contribution in [2.45, 2.75) is 39.3 Å². The van der Waals surface area contributed by atoms with Crippen LogP contribution in [0.25, 0.3) is 11.0 Å². The number of nitrogens with one attached hydrogen (secondary N) is 2. The second-order valence-electron chi connectivity index (χ2n) is 8.35. The van der Waals surface area contributed by atoms with Crippen LogP contribution in [0, 0.1) is 5.82 Å². The molecule has 0 bridgehead atoms. The van der Waals surface area contributed by atoms with Crippen molar-refractivity contribution in [2.75, 3.05) is 5.32 Å². The molecule has 2 aromatic carbocycles. The zero-order chi connectivity index (χ0) is 22.2. The molecule has 4 aromatic rings. The number of para-hydroxylation sites is 1. The molecule has 0 aliphatic rings. The lowest BCUT2D eigenvalue weighted by atomic mass is 10.1. The predicted octanol–water partition coefficient (Wildman–Crippen LogP) is 4.98. The van der Waals surface area contributed by atoms with Crippen LogP contribution >= 0.6 is 0 Å². The minimum absolute atomic E-state index is 0.143. The van der Waals surface area contributed by atoms with Gasteiger partial charge in [-0.2, -0.15) is 10.1 Å². The highest BCUT2D eigenvalue weighted by molar-refractivity contribution is 5.74. The van der Waals surface area contributed by atoms with Gasteiger partial charge in [-0.1, -0.05) is 24.3 Å². The van der Waals surface area contributed by atoms with Crippen LogP contribution < -0.4 is 15.6 Å². The highest BCUT2D eigenvalue weighted by Gasteiger charge is 2.20. The molecule has 31 heavy (non-hydrogen) atoms. The molecule has 1 unspecified atom stereocenters.